The molecule has 1 N–H and O–H groups in total. The number of rotatable bonds is 2. The van der Waals surface area contributed by atoms with E-state index in [0.717, 1.165) is 12.1 Å². The molecule has 0 bridgehead atoms. The maximum absolute atomic E-state index is 13.6. The van der Waals surface area contributed by atoms with Crippen molar-refractivity contribution in [3.05, 3.63) is 58.1 Å². The van der Waals surface area contributed by atoms with Crippen LogP contribution in [0.5, 0.6) is 0 Å². The Kier molecular flexibility index (Phi) is 3.43. The molecule has 0 atom stereocenters. The van der Waals surface area contributed by atoms with Gasteiger partial charge in [-0.3, -0.25) is 0 Å². The Morgan fingerprint density at radius 2 is 1.83 bits per heavy atom. The molecule has 0 unspecified atom stereocenters. The fourth-order valence-electron chi connectivity index (χ4n) is 1.58. The average molecular weight is 313 g/mol. The molecule has 0 aliphatic rings. The number of carbonyl (C=O) groups is 1. The molecule has 0 saturated heterocycles. The molecule has 2 rings (SSSR count). The van der Waals surface area contributed by atoms with Gasteiger partial charge in [0.25, 0.3) is 0 Å². The van der Waals surface area contributed by atoms with Crippen LogP contribution in [0.3, 0.4) is 0 Å². The van der Waals surface area contributed by atoms with E-state index in [2.05, 4.69) is 15.9 Å². The molecule has 0 fully saturated rings. The lowest BCUT2D eigenvalue weighted by molar-refractivity contribution is 0.0696. The number of aromatic carboxylic acids is 1. The van der Waals surface area contributed by atoms with Gasteiger partial charge in [-0.25, -0.2) is 13.6 Å². The Labute approximate surface area is 110 Å². The van der Waals surface area contributed by atoms with Crippen LogP contribution in [-0.4, -0.2) is 11.1 Å². The summed E-state index contributed by atoms with van der Waals surface area (Å²) in [5.74, 6) is -2.52. The molecule has 92 valence electrons. The van der Waals surface area contributed by atoms with E-state index in [1.54, 1.807) is 6.07 Å². The third kappa shape index (κ3) is 2.41. The minimum Gasteiger partial charge on any atom is -0.478 e. The first-order valence-electron chi connectivity index (χ1n) is 4.97. The molecule has 0 aliphatic heterocycles. The highest BCUT2D eigenvalue weighted by atomic mass is 79.9. The van der Waals surface area contributed by atoms with Gasteiger partial charge >= 0.3 is 5.97 Å². The molecule has 0 heterocycles. The van der Waals surface area contributed by atoms with Crippen molar-refractivity contribution >= 4 is 21.9 Å². The number of carboxylic acid groups (broad SMARTS) is 1. The lowest BCUT2D eigenvalue weighted by Crippen LogP contribution is -1.98. The van der Waals surface area contributed by atoms with E-state index < -0.39 is 17.6 Å². The molecule has 2 nitrogen and oxygen atoms in total. The highest BCUT2D eigenvalue weighted by Gasteiger charge is 2.12. The van der Waals surface area contributed by atoms with Gasteiger partial charge in [-0.15, -0.1) is 0 Å². The van der Waals surface area contributed by atoms with Gasteiger partial charge in [-0.2, -0.15) is 0 Å². The predicted octanol–water partition coefficient (Wildman–Crippen LogP) is 4.09. The summed E-state index contributed by atoms with van der Waals surface area (Å²) in [6.07, 6.45) is 0. The monoisotopic (exact) mass is 312 g/mol. The molecule has 0 saturated carbocycles. The van der Waals surface area contributed by atoms with Gasteiger partial charge in [-0.1, -0.05) is 6.07 Å². The number of benzene rings is 2. The topological polar surface area (TPSA) is 37.3 Å². The highest BCUT2D eigenvalue weighted by Crippen LogP contribution is 2.27. The summed E-state index contributed by atoms with van der Waals surface area (Å²) in [5, 5.41) is 8.97. The Hall–Kier alpha value is -1.75. The number of hydrogen-bond donors (Lipinski definition) is 1. The summed E-state index contributed by atoms with van der Waals surface area (Å²) in [6, 6.07) is 7.58. The Bertz CT molecular complexity index is 626. The van der Waals surface area contributed by atoms with Crippen molar-refractivity contribution < 1.29 is 18.7 Å². The van der Waals surface area contributed by atoms with Crippen molar-refractivity contribution in [2.24, 2.45) is 0 Å². The van der Waals surface area contributed by atoms with E-state index >= 15 is 0 Å². The molecule has 18 heavy (non-hydrogen) atoms. The van der Waals surface area contributed by atoms with Gasteiger partial charge in [0.05, 0.1) is 5.56 Å². The zero-order valence-electron chi connectivity index (χ0n) is 8.95. The van der Waals surface area contributed by atoms with Gasteiger partial charge in [0.15, 0.2) is 0 Å². The second-order valence-electron chi connectivity index (χ2n) is 3.62. The van der Waals surface area contributed by atoms with Gasteiger partial charge in [-0.05, 0) is 45.8 Å². The van der Waals surface area contributed by atoms with E-state index in [1.165, 1.54) is 18.2 Å². The molecule has 2 aromatic carbocycles. The van der Waals surface area contributed by atoms with Gasteiger partial charge in [0.1, 0.15) is 11.6 Å². The fraction of sp³-hybridized carbons (Fsp3) is 0. The Balaban J connectivity index is 2.58. The van der Waals surface area contributed by atoms with Crippen LogP contribution in [-0.2, 0) is 0 Å². The van der Waals surface area contributed by atoms with Gasteiger partial charge in [0, 0.05) is 16.1 Å². The second kappa shape index (κ2) is 4.86. The van der Waals surface area contributed by atoms with Crippen LogP contribution < -0.4 is 0 Å². The SMILES string of the molecule is O=C(O)c1cc(-c2ccc(F)cc2F)ccc1Br. The highest BCUT2D eigenvalue weighted by molar-refractivity contribution is 9.10. The first-order chi connectivity index (χ1) is 8.49. The lowest BCUT2D eigenvalue weighted by Gasteiger charge is -2.06. The van der Waals surface area contributed by atoms with E-state index in [9.17, 15) is 13.6 Å². The zero-order valence-corrected chi connectivity index (χ0v) is 10.5. The minimum atomic E-state index is -1.12. The summed E-state index contributed by atoms with van der Waals surface area (Å²) in [5.41, 5.74) is 0.565. The minimum absolute atomic E-state index is 0.0243. The van der Waals surface area contributed by atoms with Gasteiger partial charge < -0.3 is 5.11 Å². The third-order valence-corrected chi connectivity index (χ3v) is 3.13. The number of carboxylic acids is 1. The summed E-state index contributed by atoms with van der Waals surface area (Å²) in [6.45, 7) is 0. The van der Waals surface area contributed by atoms with Crippen molar-refractivity contribution in [1.82, 2.24) is 0 Å². The molecule has 0 amide bonds. The predicted molar refractivity (Wildman–Crippen MR) is 66.5 cm³/mol. The molecule has 0 aromatic heterocycles. The van der Waals surface area contributed by atoms with Crippen LogP contribution >= 0.6 is 15.9 Å². The number of halogens is 3. The van der Waals surface area contributed by atoms with Crippen LogP contribution in [0.15, 0.2) is 40.9 Å². The van der Waals surface area contributed by atoms with E-state index in [-0.39, 0.29) is 11.1 Å². The quantitative estimate of drug-likeness (QED) is 0.906. The molecule has 2 aromatic rings. The molecule has 0 radical (unpaired) electrons. The standard InChI is InChI=1S/C13H7BrF2O2/c14-11-4-1-7(5-10(11)13(17)18)9-3-2-8(15)6-12(9)16/h1-6H,(H,17,18). The van der Waals surface area contributed by atoms with Crippen LogP contribution in [0.2, 0.25) is 0 Å². The van der Waals surface area contributed by atoms with Crippen molar-refractivity contribution in [3.63, 3.8) is 0 Å². The molecular weight excluding hydrogens is 306 g/mol. The molecule has 0 aliphatic carbocycles. The van der Waals surface area contributed by atoms with Crippen LogP contribution in [0.4, 0.5) is 8.78 Å². The average Bonchev–Trinajstić information content (AvgIpc) is 2.30. The maximum Gasteiger partial charge on any atom is 0.336 e. The largest absolute Gasteiger partial charge is 0.478 e. The first-order valence-corrected chi connectivity index (χ1v) is 5.76. The second-order valence-corrected chi connectivity index (χ2v) is 4.48. The van der Waals surface area contributed by atoms with Crippen LogP contribution in [0, 0.1) is 11.6 Å². The van der Waals surface area contributed by atoms with E-state index in [1.807, 2.05) is 0 Å². The summed E-state index contributed by atoms with van der Waals surface area (Å²) < 4.78 is 26.8. The Morgan fingerprint density at radius 3 is 2.44 bits per heavy atom. The van der Waals surface area contributed by atoms with Crippen molar-refractivity contribution in [2.75, 3.05) is 0 Å². The molecular formula is C13H7BrF2O2. The van der Waals surface area contributed by atoms with Crippen LogP contribution in [0.1, 0.15) is 10.4 Å². The number of hydrogen-bond acceptors (Lipinski definition) is 1. The van der Waals surface area contributed by atoms with Crippen LogP contribution in [0.25, 0.3) is 11.1 Å². The van der Waals surface area contributed by atoms with Crippen molar-refractivity contribution in [2.45, 2.75) is 0 Å². The summed E-state index contributed by atoms with van der Waals surface area (Å²) in [4.78, 5) is 11.0. The normalized spacial score (nSPS) is 10.4. The van der Waals surface area contributed by atoms with Gasteiger partial charge in [0.2, 0.25) is 0 Å². The van der Waals surface area contributed by atoms with Crippen molar-refractivity contribution in [3.8, 4) is 11.1 Å². The first kappa shape index (κ1) is 12.7. The fourth-order valence-corrected chi connectivity index (χ4v) is 2.00. The smallest absolute Gasteiger partial charge is 0.336 e. The Morgan fingerprint density at radius 1 is 1.11 bits per heavy atom. The summed E-state index contributed by atoms with van der Waals surface area (Å²) in [7, 11) is 0. The lowest BCUT2D eigenvalue weighted by atomic mass is 10.0. The molecule has 5 heteroatoms. The third-order valence-electron chi connectivity index (χ3n) is 2.44. The van der Waals surface area contributed by atoms with Crippen molar-refractivity contribution in [1.29, 1.82) is 0 Å². The zero-order chi connectivity index (χ0) is 13.3. The van der Waals surface area contributed by atoms with E-state index in [0.29, 0.717) is 10.0 Å². The van der Waals surface area contributed by atoms with E-state index in [4.69, 9.17) is 5.11 Å². The maximum atomic E-state index is 13.6. The molecule has 0 spiro atoms. The summed E-state index contributed by atoms with van der Waals surface area (Å²) >= 11 is 3.10.